The summed E-state index contributed by atoms with van der Waals surface area (Å²) < 4.78 is 1.18. The number of thiazole rings is 1. The Morgan fingerprint density at radius 1 is 1.29 bits per heavy atom. The number of fused-ring (bicyclic) bond motifs is 1. The van der Waals surface area contributed by atoms with Gasteiger partial charge in [-0.25, -0.2) is 9.78 Å². The number of benzene rings is 1. The van der Waals surface area contributed by atoms with Crippen molar-refractivity contribution >= 4 is 27.6 Å². The third-order valence-corrected chi connectivity index (χ3v) is 5.70. The van der Waals surface area contributed by atoms with Gasteiger partial charge in [-0.3, -0.25) is 0 Å². The van der Waals surface area contributed by atoms with Crippen LogP contribution in [0.1, 0.15) is 57.0 Å². The Bertz CT molecular complexity index is 714. The molecule has 1 aromatic heterocycles. The maximum atomic E-state index is 10.9. The molecule has 1 aliphatic carbocycles. The van der Waals surface area contributed by atoms with Crippen LogP contribution in [0.5, 0.6) is 0 Å². The van der Waals surface area contributed by atoms with Crippen molar-refractivity contribution in [3.8, 4) is 0 Å². The zero-order valence-electron chi connectivity index (χ0n) is 12.8. The Balaban J connectivity index is 2.23. The maximum absolute atomic E-state index is 10.9. The van der Waals surface area contributed by atoms with Crippen molar-refractivity contribution in [1.82, 2.24) is 4.98 Å². The van der Waals surface area contributed by atoms with Crippen molar-refractivity contribution in [3.63, 3.8) is 0 Å². The molecule has 4 heteroatoms. The van der Waals surface area contributed by atoms with E-state index in [1.54, 1.807) is 17.4 Å². The highest BCUT2D eigenvalue weighted by Crippen LogP contribution is 2.45. The van der Waals surface area contributed by atoms with Crippen LogP contribution in [0.4, 0.5) is 0 Å². The molecule has 0 unspecified atom stereocenters. The summed E-state index contributed by atoms with van der Waals surface area (Å²) in [5.74, 6) is 0. The minimum absolute atomic E-state index is 0.0394. The highest BCUT2D eigenvalue weighted by atomic mass is 32.1. The van der Waals surface area contributed by atoms with Gasteiger partial charge in [0.1, 0.15) is 5.54 Å². The number of aliphatic imine (C=N–C) groups is 1. The average molecular weight is 300 g/mol. The van der Waals surface area contributed by atoms with Crippen LogP contribution in [0.15, 0.2) is 23.2 Å². The van der Waals surface area contributed by atoms with Crippen LogP contribution in [0.25, 0.3) is 10.2 Å². The summed E-state index contributed by atoms with van der Waals surface area (Å²) in [4.78, 5) is 20.0. The van der Waals surface area contributed by atoms with E-state index in [4.69, 9.17) is 4.98 Å². The van der Waals surface area contributed by atoms with Crippen LogP contribution in [-0.4, -0.2) is 11.1 Å². The van der Waals surface area contributed by atoms with Crippen molar-refractivity contribution in [2.75, 3.05) is 0 Å². The molecule has 0 radical (unpaired) electrons. The zero-order chi connectivity index (χ0) is 15.1. The molecule has 1 aromatic carbocycles. The number of aromatic nitrogens is 1. The van der Waals surface area contributed by atoms with E-state index < -0.39 is 5.54 Å². The third-order valence-electron chi connectivity index (χ3n) is 4.25. The fourth-order valence-electron chi connectivity index (χ4n) is 3.13. The Morgan fingerprint density at radius 2 is 2.00 bits per heavy atom. The van der Waals surface area contributed by atoms with E-state index in [9.17, 15) is 4.79 Å². The number of isocyanates is 1. The first-order valence-electron chi connectivity index (χ1n) is 7.46. The summed E-state index contributed by atoms with van der Waals surface area (Å²) in [5, 5.41) is 1.13. The number of hydrogen-bond donors (Lipinski definition) is 0. The zero-order valence-corrected chi connectivity index (χ0v) is 13.6. The second-order valence-corrected chi connectivity index (χ2v) is 7.89. The molecule has 21 heavy (non-hydrogen) atoms. The molecular weight excluding hydrogens is 280 g/mol. The van der Waals surface area contributed by atoms with Crippen molar-refractivity contribution in [3.05, 3.63) is 28.8 Å². The Hall–Kier alpha value is -1.51. The number of para-hydroxylation sites is 1. The van der Waals surface area contributed by atoms with E-state index in [2.05, 4.69) is 44.0 Å². The molecule has 110 valence electrons. The molecule has 1 heterocycles. The van der Waals surface area contributed by atoms with E-state index in [-0.39, 0.29) is 5.41 Å². The van der Waals surface area contributed by atoms with Crippen LogP contribution in [0.2, 0.25) is 0 Å². The normalized spacial score (nSPS) is 17.9. The smallest absolute Gasteiger partial charge is 0.235 e. The lowest BCUT2D eigenvalue weighted by Gasteiger charge is -2.23. The first kappa shape index (κ1) is 14.4. The average Bonchev–Trinajstić information content (AvgIpc) is 3.04. The van der Waals surface area contributed by atoms with Gasteiger partial charge >= 0.3 is 0 Å². The van der Waals surface area contributed by atoms with Gasteiger partial charge in [-0.2, -0.15) is 4.99 Å². The fraction of sp³-hybridized carbons (Fsp3) is 0.529. The van der Waals surface area contributed by atoms with Gasteiger partial charge in [-0.1, -0.05) is 45.7 Å². The summed E-state index contributed by atoms with van der Waals surface area (Å²) in [6, 6.07) is 6.25. The van der Waals surface area contributed by atoms with Crippen molar-refractivity contribution < 1.29 is 4.79 Å². The fourth-order valence-corrected chi connectivity index (χ4v) is 4.18. The number of hydrogen-bond acceptors (Lipinski definition) is 4. The van der Waals surface area contributed by atoms with Gasteiger partial charge in [0.2, 0.25) is 6.08 Å². The van der Waals surface area contributed by atoms with Crippen LogP contribution < -0.4 is 0 Å². The molecule has 1 aliphatic rings. The highest BCUT2D eigenvalue weighted by molar-refractivity contribution is 7.18. The van der Waals surface area contributed by atoms with Crippen LogP contribution in [0.3, 0.4) is 0 Å². The van der Waals surface area contributed by atoms with E-state index in [1.807, 2.05) is 0 Å². The van der Waals surface area contributed by atoms with Crippen molar-refractivity contribution in [2.24, 2.45) is 4.99 Å². The topological polar surface area (TPSA) is 42.3 Å². The quantitative estimate of drug-likeness (QED) is 0.596. The van der Waals surface area contributed by atoms with Crippen molar-refractivity contribution in [2.45, 2.75) is 57.4 Å². The Kier molecular flexibility index (Phi) is 3.46. The molecule has 3 nitrogen and oxygen atoms in total. The summed E-state index contributed by atoms with van der Waals surface area (Å²) in [6.07, 6.45) is 5.86. The molecule has 1 saturated carbocycles. The summed E-state index contributed by atoms with van der Waals surface area (Å²) in [7, 11) is 0. The molecule has 2 aromatic rings. The number of rotatable bonds is 2. The van der Waals surface area contributed by atoms with Crippen LogP contribution in [-0.2, 0) is 15.7 Å². The second-order valence-electron chi connectivity index (χ2n) is 6.86. The molecule has 0 amide bonds. The Morgan fingerprint density at radius 3 is 2.62 bits per heavy atom. The predicted molar refractivity (Wildman–Crippen MR) is 86.6 cm³/mol. The van der Waals surface area contributed by atoms with Gasteiger partial charge < -0.3 is 0 Å². The van der Waals surface area contributed by atoms with Gasteiger partial charge in [-0.05, 0) is 18.9 Å². The SMILES string of the molecule is CC(C)(C)c1nc2c(C3(N=C=O)CCCC3)cccc2s1. The van der Waals surface area contributed by atoms with Gasteiger partial charge in [0.15, 0.2) is 0 Å². The Labute approximate surface area is 129 Å². The van der Waals surface area contributed by atoms with Gasteiger partial charge in [0.25, 0.3) is 0 Å². The lowest BCUT2D eigenvalue weighted by molar-refractivity contribution is 0.458. The van der Waals surface area contributed by atoms with Crippen LogP contribution in [0, 0.1) is 0 Å². The molecule has 0 spiro atoms. The first-order chi connectivity index (χ1) is 9.96. The number of carbonyl (C=O) groups excluding carboxylic acids is 1. The minimum atomic E-state index is -0.398. The standard InChI is InChI=1S/C17H20N2OS/c1-16(2,3)15-19-14-12(7-6-8-13(14)21-15)17(18-11-20)9-4-5-10-17/h6-8H,4-5,9-10H2,1-3H3. The molecule has 0 aliphatic heterocycles. The lowest BCUT2D eigenvalue weighted by Crippen LogP contribution is -2.19. The van der Waals surface area contributed by atoms with E-state index in [0.717, 1.165) is 41.8 Å². The van der Waals surface area contributed by atoms with Crippen molar-refractivity contribution in [1.29, 1.82) is 0 Å². The molecular formula is C17H20N2OS. The predicted octanol–water partition coefficient (Wildman–Crippen LogP) is 4.70. The maximum Gasteiger partial charge on any atom is 0.235 e. The molecule has 0 atom stereocenters. The largest absolute Gasteiger partial charge is 0.240 e. The van der Waals surface area contributed by atoms with Gasteiger partial charge in [0.05, 0.1) is 15.2 Å². The highest BCUT2D eigenvalue weighted by Gasteiger charge is 2.38. The molecule has 1 fully saturated rings. The second kappa shape index (κ2) is 5.04. The van der Waals surface area contributed by atoms with E-state index in [1.165, 1.54) is 4.70 Å². The first-order valence-corrected chi connectivity index (χ1v) is 8.27. The molecule has 0 bridgehead atoms. The van der Waals surface area contributed by atoms with Gasteiger partial charge in [0, 0.05) is 11.0 Å². The molecule has 0 saturated heterocycles. The summed E-state index contributed by atoms with van der Waals surface area (Å²) >= 11 is 1.74. The van der Waals surface area contributed by atoms with E-state index >= 15 is 0 Å². The van der Waals surface area contributed by atoms with Gasteiger partial charge in [-0.15, -0.1) is 11.3 Å². The molecule has 0 N–H and O–H groups in total. The third kappa shape index (κ3) is 2.43. The summed E-state index contributed by atoms with van der Waals surface area (Å²) in [5.41, 5.74) is 1.77. The minimum Gasteiger partial charge on any atom is -0.240 e. The van der Waals surface area contributed by atoms with E-state index in [0.29, 0.717) is 0 Å². The monoisotopic (exact) mass is 300 g/mol. The number of nitrogens with zero attached hydrogens (tertiary/aromatic N) is 2. The lowest BCUT2D eigenvalue weighted by atomic mass is 9.88. The molecule has 3 rings (SSSR count). The summed E-state index contributed by atoms with van der Waals surface area (Å²) in [6.45, 7) is 6.54. The van der Waals surface area contributed by atoms with Crippen LogP contribution >= 0.6 is 11.3 Å².